The van der Waals surface area contributed by atoms with Crippen molar-refractivity contribution in [3.8, 4) is 0 Å². The molecule has 0 amide bonds. The van der Waals surface area contributed by atoms with Crippen LogP contribution in [0, 0.1) is 0 Å². The Bertz CT molecular complexity index is 219. The van der Waals surface area contributed by atoms with Crippen LogP contribution in [-0.2, 0) is 5.41 Å². The van der Waals surface area contributed by atoms with E-state index in [1.807, 2.05) is 11.3 Å². The Morgan fingerprint density at radius 2 is 1.90 bits per heavy atom. The molecule has 0 unspecified atom stereocenters. The highest BCUT2D eigenvalue weighted by atomic mass is 79.9. The first-order valence-corrected chi connectivity index (χ1v) is 4.87. The van der Waals surface area contributed by atoms with Crippen molar-refractivity contribution in [3.05, 3.63) is 20.8 Å². The third-order valence-corrected chi connectivity index (χ3v) is 3.36. The Kier molecular flexibility index (Phi) is 2.21. The molecule has 2 heteroatoms. The summed E-state index contributed by atoms with van der Waals surface area (Å²) in [5, 5.41) is 0. The molecule has 0 aliphatic heterocycles. The fourth-order valence-corrected chi connectivity index (χ4v) is 2.16. The van der Waals surface area contributed by atoms with E-state index in [1.54, 1.807) is 0 Å². The minimum Gasteiger partial charge on any atom is -0.133 e. The molecular weight excluding hydrogens is 208 g/mol. The second-order valence-electron chi connectivity index (χ2n) is 3.35. The molecule has 1 aromatic rings. The molecular formula is C8H11BrS. The summed E-state index contributed by atoms with van der Waals surface area (Å²) in [6.45, 7) is 6.68. The van der Waals surface area contributed by atoms with Gasteiger partial charge in [0.2, 0.25) is 0 Å². The third-order valence-electron chi connectivity index (χ3n) is 1.31. The smallest absolute Gasteiger partial charge is 0.0701 e. The van der Waals surface area contributed by atoms with Crippen molar-refractivity contribution in [1.82, 2.24) is 0 Å². The average Bonchev–Trinajstić information content (AvgIpc) is 2.11. The van der Waals surface area contributed by atoms with Gasteiger partial charge in [0.05, 0.1) is 3.79 Å². The van der Waals surface area contributed by atoms with Crippen molar-refractivity contribution in [2.75, 3.05) is 0 Å². The lowest BCUT2D eigenvalue weighted by Gasteiger charge is -2.14. The maximum absolute atomic E-state index is 3.44. The van der Waals surface area contributed by atoms with Crippen molar-refractivity contribution in [2.45, 2.75) is 26.2 Å². The highest BCUT2D eigenvalue weighted by Gasteiger charge is 2.14. The maximum Gasteiger partial charge on any atom is 0.0701 e. The largest absolute Gasteiger partial charge is 0.133 e. The summed E-state index contributed by atoms with van der Waals surface area (Å²) in [5.74, 6) is 0. The zero-order chi connectivity index (χ0) is 7.78. The lowest BCUT2D eigenvalue weighted by atomic mass is 9.95. The van der Waals surface area contributed by atoms with Crippen LogP contribution < -0.4 is 0 Å². The lowest BCUT2D eigenvalue weighted by Crippen LogP contribution is -2.07. The van der Waals surface area contributed by atoms with Crippen molar-refractivity contribution >= 4 is 27.3 Å². The minimum absolute atomic E-state index is 0.302. The molecule has 0 saturated carbocycles. The van der Waals surface area contributed by atoms with Gasteiger partial charge in [-0.05, 0) is 33.5 Å². The summed E-state index contributed by atoms with van der Waals surface area (Å²) in [4.78, 5) is 1.43. The van der Waals surface area contributed by atoms with Gasteiger partial charge in [-0.1, -0.05) is 20.8 Å². The van der Waals surface area contributed by atoms with Crippen molar-refractivity contribution in [1.29, 1.82) is 0 Å². The van der Waals surface area contributed by atoms with Gasteiger partial charge in [0.25, 0.3) is 0 Å². The average molecular weight is 219 g/mol. The van der Waals surface area contributed by atoms with Crippen LogP contribution in [0.15, 0.2) is 15.9 Å². The van der Waals surface area contributed by atoms with Gasteiger partial charge in [0, 0.05) is 4.88 Å². The topological polar surface area (TPSA) is 0 Å². The highest BCUT2D eigenvalue weighted by molar-refractivity contribution is 9.11. The molecule has 1 aromatic heterocycles. The standard InChI is InChI=1S/C8H11BrS/c1-8(2,3)6-4-5-7(9)10-6/h4-5H,1-3H3. The molecule has 1 rings (SSSR count). The van der Waals surface area contributed by atoms with E-state index in [0.717, 1.165) is 0 Å². The van der Waals surface area contributed by atoms with Gasteiger partial charge in [-0.15, -0.1) is 11.3 Å². The molecule has 1 heterocycles. The molecule has 0 spiro atoms. The number of halogens is 1. The molecule has 0 fully saturated rings. The van der Waals surface area contributed by atoms with Crippen LogP contribution in [0.25, 0.3) is 0 Å². The van der Waals surface area contributed by atoms with Crippen LogP contribution in [0.3, 0.4) is 0 Å². The second-order valence-corrected chi connectivity index (χ2v) is 5.82. The molecule has 0 aliphatic rings. The molecule has 0 aliphatic carbocycles. The fourth-order valence-electron chi connectivity index (χ4n) is 0.717. The van der Waals surface area contributed by atoms with Gasteiger partial charge < -0.3 is 0 Å². The van der Waals surface area contributed by atoms with E-state index in [9.17, 15) is 0 Å². The molecule has 0 radical (unpaired) electrons. The quantitative estimate of drug-likeness (QED) is 0.622. The molecule has 0 saturated heterocycles. The summed E-state index contributed by atoms with van der Waals surface area (Å²) in [6, 6.07) is 4.28. The Balaban J connectivity index is 2.96. The summed E-state index contributed by atoms with van der Waals surface area (Å²) in [5.41, 5.74) is 0.302. The zero-order valence-electron chi connectivity index (χ0n) is 6.44. The highest BCUT2D eigenvalue weighted by Crippen LogP contribution is 2.31. The lowest BCUT2D eigenvalue weighted by molar-refractivity contribution is 0.604. The Morgan fingerprint density at radius 3 is 2.10 bits per heavy atom. The monoisotopic (exact) mass is 218 g/mol. The van der Waals surface area contributed by atoms with Gasteiger partial charge >= 0.3 is 0 Å². The van der Waals surface area contributed by atoms with Crippen LogP contribution in [0.1, 0.15) is 25.6 Å². The predicted molar refractivity (Wildman–Crippen MR) is 50.7 cm³/mol. The van der Waals surface area contributed by atoms with Crippen LogP contribution in [0.5, 0.6) is 0 Å². The number of thiophene rings is 1. The number of hydrogen-bond acceptors (Lipinski definition) is 1. The Labute approximate surface area is 74.4 Å². The van der Waals surface area contributed by atoms with Crippen LogP contribution in [0.4, 0.5) is 0 Å². The first-order valence-electron chi connectivity index (χ1n) is 3.26. The van der Waals surface area contributed by atoms with Crippen molar-refractivity contribution in [2.24, 2.45) is 0 Å². The fraction of sp³-hybridized carbons (Fsp3) is 0.500. The van der Waals surface area contributed by atoms with Crippen molar-refractivity contribution in [3.63, 3.8) is 0 Å². The van der Waals surface area contributed by atoms with E-state index in [-0.39, 0.29) is 0 Å². The van der Waals surface area contributed by atoms with Crippen molar-refractivity contribution < 1.29 is 0 Å². The first-order chi connectivity index (χ1) is 4.50. The SMILES string of the molecule is CC(C)(C)c1ccc(Br)s1. The number of hydrogen-bond donors (Lipinski definition) is 0. The molecule has 0 aromatic carbocycles. The third kappa shape index (κ3) is 1.83. The summed E-state index contributed by atoms with van der Waals surface area (Å²) in [7, 11) is 0. The zero-order valence-corrected chi connectivity index (χ0v) is 8.84. The molecule has 0 atom stereocenters. The predicted octanol–water partition coefficient (Wildman–Crippen LogP) is 3.81. The van der Waals surface area contributed by atoms with Gasteiger partial charge in [-0.25, -0.2) is 0 Å². The molecule has 0 N–H and O–H groups in total. The molecule has 10 heavy (non-hydrogen) atoms. The molecule has 0 nitrogen and oxygen atoms in total. The van der Waals surface area contributed by atoms with Crippen LogP contribution >= 0.6 is 27.3 Å². The Morgan fingerprint density at radius 1 is 1.30 bits per heavy atom. The summed E-state index contributed by atoms with van der Waals surface area (Å²) < 4.78 is 1.22. The second kappa shape index (κ2) is 2.67. The normalized spacial score (nSPS) is 12.0. The van der Waals surface area contributed by atoms with Gasteiger partial charge in [-0.3, -0.25) is 0 Å². The van der Waals surface area contributed by atoms with Gasteiger partial charge in [0.1, 0.15) is 0 Å². The molecule has 0 bridgehead atoms. The summed E-state index contributed by atoms with van der Waals surface area (Å²) in [6.07, 6.45) is 0. The summed E-state index contributed by atoms with van der Waals surface area (Å²) >= 11 is 5.25. The minimum atomic E-state index is 0.302. The van der Waals surface area contributed by atoms with E-state index in [2.05, 4.69) is 48.8 Å². The van der Waals surface area contributed by atoms with E-state index in [0.29, 0.717) is 5.41 Å². The van der Waals surface area contributed by atoms with Gasteiger partial charge in [-0.2, -0.15) is 0 Å². The first kappa shape index (κ1) is 8.28. The van der Waals surface area contributed by atoms with Crippen LogP contribution in [0.2, 0.25) is 0 Å². The Hall–Kier alpha value is 0.180. The van der Waals surface area contributed by atoms with E-state index in [4.69, 9.17) is 0 Å². The van der Waals surface area contributed by atoms with Crippen LogP contribution in [-0.4, -0.2) is 0 Å². The van der Waals surface area contributed by atoms with Gasteiger partial charge in [0.15, 0.2) is 0 Å². The van der Waals surface area contributed by atoms with E-state index >= 15 is 0 Å². The van der Waals surface area contributed by atoms with E-state index in [1.165, 1.54) is 8.66 Å². The molecule has 56 valence electrons. The van der Waals surface area contributed by atoms with E-state index < -0.39 is 0 Å². The maximum atomic E-state index is 3.44. The number of rotatable bonds is 0.